The van der Waals surface area contributed by atoms with Crippen LogP contribution in [0, 0.1) is 0 Å². The van der Waals surface area contributed by atoms with Gasteiger partial charge in [-0.05, 0) is 0 Å². The summed E-state index contributed by atoms with van der Waals surface area (Å²) in [6, 6.07) is 0. The van der Waals surface area contributed by atoms with Crippen LogP contribution in [-0.2, 0) is 31.5 Å². The van der Waals surface area contributed by atoms with Crippen LogP contribution in [0.15, 0.2) is 49.1 Å². The molecule has 0 saturated carbocycles. The van der Waals surface area contributed by atoms with Gasteiger partial charge in [-0.2, -0.15) is 0 Å². The summed E-state index contributed by atoms with van der Waals surface area (Å²) in [5, 5.41) is 0. The number of hydrogen-bond donors (Lipinski definition) is 0. The molecule has 0 unspecified atom stereocenters. The minimum absolute atomic E-state index is 0.262. The molecule has 0 radical (unpaired) electrons. The van der Waals surface area contributed by atoms with Gasteiger partial charge in [-0.15, -0.1) is 0 Å². The van der Waals surface area contributed by atoms with E-state index in [9.17, 15) is 19.2 Å². The number of rotatable bonds is 9. The molecule has 0 aliphatic rings. The van der Waals surface area contributed by atoms with Crippen molar-refractivity contribution in [1.29, 1.82) is 0 Å². The Morgan fingerprint density at radius 3 is 1.40 bits per heavy atom. The van der Waals surface area contributed by atoms with Crippen LogP contribution in [-0.4, -0.2) is 43.9 Å². The molecule has 8 nitrogen and oxygen atoms in total. The monoisotopic (exact) mass is 460 g/mol. The van der Waals surface area contributed by atoms with E-state index in [0.717, 1.165) is 18.2 Å². The second-order valence-corrected chi connectivity index (χ2v) is 9.41. The van der Waals surface area contributed by atoms with Gasteiger partial charge in [0.25, 0.3) is 0 Å². The van der Waals surface area contributed by atoms with E-state index in [1.807, 2.05) is 0 Å². The predicted molar refractivity (Wildman–Crippen MR) is 89.4 cm³/mol. The summed E-state index contributed by atoms with van der Waals surface area (Å²) in [5.41, 5.74) is 0. The molecule has 25 heavy (non-hydrogen) atoms. The fraction of sp³-hybridized carbons (Fsp3) is 0.250. The van der Waals surface area contributed by atoms with Crippen molar-refractivity contribution in [2.75, 3.05) is 0 Å². The third kappa shape index (κ3) is 9.50. The second-order valence-electron chi connectivity index (χ2n) is 4.23. The molecule has 136 valence electrons. The van der Waals surface area contributed by atoms with Gasteiger partial charge in [0.05, 0.1) is 0 Å². The first-order chi connectivity index (χ1) is 11.8. The molecule has 0 atom stereocenters. The Morgan fingerprint density at radius 2 is 1.12 bits per heavy atom. The van der Waals surface area contributed by atoms with Gasteiger partial charge < -0.3 is 0 Å². The van der Waals surface area contributed by atoms with E-state index in [1.165, 1.54) is 24.3 Å². The second kappa shape index (κ2) is 12.1. The maximum atomic E-state index is 11.8. The van der Waals surface area contributed by atoms with E-state index >= 15 is 0 Å². The summed E-state index contributed by atoms with van der Waals surface area (Å²) in [4.78, 5) is 47.2. The van der Waals surface area contributed by atoms with E-state index in [4.69, 9.17) is 12.3 Å². The fourth-order valence-electron chi connectivity index (χ4n) is 1.30. The van der Waals surface area contributed by atoms with Crippen LogP contribution >= 0.6 is 0 Å². The minimum atomic E-state index is -5.71. The van der Waals surface area contributed by atoms with Crippen LogP contribution in [0.5, 0.6) is 0 Å². The van der Waals surface area contributed by atoms with E-state index < -0.39 is 43.9 Å². The summed E-state index contributed by atoms with van der Waals surface area (Å²) >= 11 is -5.71. The molecule has 0 heterocycles. The first-order valence-corrected chi connectivity index (χ1v) is 11.9. The normalized spacial score (nSPS) is 13.4. The standard InChI is InChI=1S/4C4H6O2.Sn/c4*1-2-3-4(5)6;/h3*2-3H,1H3,(H,5,6);2H,1,3H2,(H,5,6);/q;;;;+4/p-4. The van der Waals surface area contributed by atoms with Gasteiger partial charge in [0.2, 0.25) is 0 Å². The molecule has 0 aliphatic carbocycles. The van der Waals surface area contributed by atoms with Crippen LogP contribution < -0.4 is 0 Å². The van der Waals surface area contributed by atoms with E-state index in [-0.39, 0.29) is 6.42 Å². The first kappa shape index (κ1) is 22.6. The van der Waals surface area contributed by atoms with E-state index in [1.54, 1.807) is 20.8 Å². The molecule has 0 aromatic heterocycles. The molecular weight excluding hydrogens is 439 g/mol. The Labute approximate surface area is 151 Å². The summed E-state index contributed by atoms with van der Waals surface area (Å²) in [6.45, 7) is 7.99. The van der Waals surface area contributed by atoms with Gasteiger partial charge >= 0.3 is 152 Å². The number of hydrogen-bond acceptors (Lipinski definition) is 8. The zero-order valence-electron chi connectivity index (χ0n) is 14.2. The summed E-state index contributed by atoms with van der Waals surface area (Å²) in [5.74, 6) is -3.86. The fourth-order valence-corrected chi connectivity index (χ4v) is 5.74. The SMILES string of the molecule is C=CCC(=O)[O][Sn]([O]C(=O)C=CC)([O]C(=O)C=CC)[O]C(=O)C=CC. The zero-order chi connectivity index (χ0) is 19.3. The number of allylic oxidation sites excluding steroid dienone is 3. The third-order valence-electron chi connectivity index (χ3n) is 2.13. The molecule has 0 aromatic rings. The maximum absolute atomic E-state index is 11.8. The molecule has 0 aromatic carbocycles. The van der Waals surface area contributed by atoms with Gasteiger partial charge in [0.15, 0.2) is 0 Å². The van der Waals surface area contributed by atoms with Gasteiger partial charge in [0.1, 0.15) is 0 Å². The van der Waals surface area contributed by atoms with Crippen LogP contribution in [0.1, 0.15) is 27.2 Å². The van der Waals surface area contributed by atoms with Crippen molar-refractivity contribution in [3.63, 3.8) is 0 Å². The topological polar surface area (TPSA) is 105 Å². The van der Waals surface area contributed by atoms with Gasteiger partial charge in [-0.1, -0.05) is 0 Å². The first-order valence-electron chi connectivity index (χ1n) is 7.22. The molecule has 0 fully saturated rings. The molecule has 0 spiro atoms. The quantitative estimate of drug-likeness (QED) is 0.293. The summed E-state index contributed by atoms with van der Waals surface area (Å²) in [6.07, 6.45) is 8.03. The summed E-state index contributed by atoms with van der Waals surface area (Å²) < 4.78 is 19.9. The van der Waals surface area contributed by atoms with E-state index in [2.05, 4.69) is 6.58 Å². The van der Waals surface area contributed by atoms with Crippen molar-refractivity contribution in [3.05, 3.63) is 49.1 Å². The van der Waals surface area contributed by atoms with Crippen molar-refractivity contribution >= 4 is 43.9 Å². The van der Waals surface area contributed by atoms with Crippen molar-refractivity contribution < 1.29 is 31.5 Å². The zero-order valence-corrected chi connectivity index (χ0v) is 17.1. The van der Waals surface area contributed by atoms with Gasteiger partial charge in [0, 0.05) is 0 Å². The van der Waals surface area contributed by atoms with Crippen LogP contribution in [0.4, 0.5) is 0 Å². The number of carbonyl (C=O) groups excluding carboxylic acids is 4. The van der Waals surface area contributed by atoms with Crippen LogP contribution in [0.3, 0.4) is 0 Å². The third-order valence-corrected chi connectivity index (χ3v) is 7.36. The molecule has 0 aliphatic heterocycles. The van der Waals surface area contributed by atoms with E-state index in [0.29, 0.717) is 0 Å². The molecule has 0 saturated heterocycles. The molecule has 0 bridgehead atoms. The Morgan fingerprint density at radius 1 is 0.760 bits per heavy atom. The van der Waals surface area contributed by atoms with Gasteiger partial charge in [-0.25, -0.2) is 0 Å². The molecule has 0 amide bonds. The van der Waals surface area contributed by atoms with Gasteiger partial charge in [-0.3, -0.25) is 0 Å². The average molecular weight is 459 g/mol. The average Bonchev–Trinajstić information content (AvgIpc) is 2.47. The van der Waals surface area contributed by atoms with Crippen LogP contribution in [0.25, 0.3) is 0 Å². The Balaban J connectivity index is 5.82. The molecule has 9 heteroatoms. The Hall–Kier alpha value is -2.36. The Bertz CT molecular complexity index is 539. The van der Waals surface area contributed by atoms with Crippen molar-refractivity contribution in [3.8, 4) is 0 Å². The van der Waals surface area contributed by atoms with Crippen molar-refractivity contribution in [2.24, 2.45) is 0 Å². The van der Waals surface area contributed by atoms with Crippen molar-refractivity contribution in [1.82, 2.24) is 0 Å². The van der Waals surface area contributed by atoms with Crippen LogP contribution in [0.2, 0.25) is 0 Å². The predicted octanol–water partition coefficient (Wildman–Crippen LogP) is 1.90. The Kier molecular flexibility index (Phi) is 10.9. The number of carbonyl (C=O) groups is 4. The molecular formula is C16H20O8Sn. The van der Waals surface area contributed by atoms with Crippen molar-refractivity contribution in [2.45, 2.75) is 27.2 Å². The molecule has 0 N–H and O–H groups in total. The molecule has 0 rings (SSSR count). The summed E-state index contributed by atoms with van der Waals surface area (Å²) in [7, 11) is 0.